The van der Waals surface area contributed by atoms with Crippen molar-refractivity contribution in [2.24, 2.45) is 10.7 Å². The third-order valence-electron chi connectivity index (χ3n) is 4.14. The van der Waals surface area contributed by atoms with Crippen molar-refractivity contribution < 1.29 is 9.47 Å². The second kappa shape index (κ2) is 11.9. The number of unbranched alkanes of at least 4 members (excludes halogenated alkanes) is 1. The molecule has 0 bridgehead atoms. The number of hydrogen-bond acceptors (Lipinski definition) is 4. The van der Waals surface area contributed by atoms with Crippen LogP contribution < -0.4 is 20.5 Å². The molecule has 0 aliphatic heterocycles. The van der Waals surface area contributed by atoms with Crippen molar-refractivity contribution in [3.63, 3.8) is 0 Å². The molecule has 0 radical (unpaired) electrons. The lowest BCUT2D eigenvalue weighted by atomic mass is 9.98. The van der Waals surface area contributed by atoms with Crippen molar-refractivity contribution in [2.75, 3.05) is 20.3 Å². The largest absolute Gasteiger partial charge is 0.493 e. The van der Waals surface area contributed by atoms with Crippen LogP contribution in [-0.4, -0.2) is 26.2 Å². The first-order chi connectivity index (χ1) is 14.2. The maximum Gasteiger partial charge on any atom is 0.202 e. The van der Waals surface area contributed by atoms with Crippen LogP contribution in [0, 0.1) is 23.3 Å². The van der Waals surface area contributed by atoms with Gasteiger partial charge in [-0.15, -0.1) is 0 Å². The summed E-state index contributed by atoms with van der Waals surface area (Å²) in [5.41, 5.74) is 7.55. The SMILES string of the molecule is CCCCOc1cc(C(C#Cc2ccccc2)CN=C(N)NC#N)ccc1OC. The monoisotopic (exact) mass is 390 g/mol. The van der Waals surface area contributed by atoms with Gasteiger partial charge in [-0.05, 0) is 36.2 Å². The molecule has 0 saturated heterocycles. The second-order valence-electron chi connectivity index (χ2n) is 6.26. The minimum absolute atomic E-state index is 0.0620. The van der Waals surface area contributed by atoms with E-state index in [1.165, 1.54) is 0 Å². The first kappa shape index (κ1) is 21.7. The molecule has 1 unspecified atom stereocenters. The van der Waals surface area contributed by atoms with Gasteiger partial charge in [-0.3, -0.25) is 10.3 Å². The van der Waals surface area contributed by atoms with Gasteiger partial charge in [0.25, 0.3) is 0 Å². The van der Waals surface area contributed by atoms with Crippen molar-refractivity contribution in [2.45, 2.75) is 25.7 Å². The number of methoxy groups -OCH3 is 1. The summed E-state index contributed by atoms with van der Waals surface area (Å²) in [7, 11) is 1.62. The normalized spacial score (nSPS) is 11.6. The number of aliphatic imine (C=N–C) groups is 1. The fraction of sp³-hybridized carbons (Fsp3) is 0.304. The van der Waals surface area contributed by atoms with Crippen LogP contribution in [0.4, 0.5) is 0 Å². The lowest BCUT2D eigenvalue weighted by Gasteiger charge is -2.15. The molecule has 1 atom stereocenters. The lowest BCUT2D eigenvalue weighted by Crippen LogP contribution is -2.28. The van der Waals surface area contributed by atoms with Crippen LogP contribution in [0.1, 0.15) is 36.8 Å². The van der Waals surface area contributed by atoms with Gasteiger partial charge >= 0.3 is 0 Å². The maximum absolute atomic E-state index is 8.69. The summed E-state index contributed by atoms with van der Waals surface area (Å²) < 4.78 is 11.3. The predicted molar refractivity (Wildman–Crippen MR) is 115 cm³/mol. The Morgan fingerprint density at radius 3 is 2.69 bits per heavy atom. The van der Waals surface area contributed by atoms with E-state index in [1.54, 1.807) is 13.3 Å². The first-order valence-electron chi connectivity index (χ1n) is 9.50. The average molecular weight is 390 g/mol. The van der Waals surface area contributed by atoms with Crippen LogP contribution in [0.15, 0.2) is 53.5 Å². The van der Waals surface area contributed by atoms with E-state index in [-0.39, 0.29) is 11.9 Å². The minimum Gasteiger partial charge on any atom is -0.493 e. The van der Waals surface area contributed by atoms with E-state index < -0.39 is 0 Å². The summed E-state index contributed by atoms with van der Waals surface area (Å²) in [6, 6.07) is 15.5. The van der Waals surface area contributed by atoms with Gasteiger partial charge in [-0.25, -0.2) is 0 Å². The van der Waals surface area contributed by atoms with Crippen LogP contribution in [-0.2, 0) is 0 Å². The number of ether oxygens (including phenoxy) is 2. The Morgan fingerprint density at radius 1 is 1.21 bits per heavy atom. The standard InChI is InChI=1S/C23H26N4O2/c1-3-4-14-29-22-15-19(12-13-21(22)28-2)20(16-26-23(25)27-17-24)11-10-18-8-6-5-7-9-18/h5-9,12-13,15,20H,3-4,14,16H2,1-2H3,(H3,25,26,27). The molecule has 2 aromatic carbocycles. The fourth-order valence-electron chi connectivity index (χ4n) is 2.56. The summed E-state index contributed by atoms with van der Waals surface area (Å²) in [6.07, 6.45) is 3.78. The molecule has 0 heterocycles. The van der Waals surface area contributed by atoms with Crippen LogP contribution >= 0.6 is 0 Å². The van der Waals surface area contributed by atoms with Gasteiger partial charge in [0.2, 0.25) is 5.96 Å². The molecule has 0 aromatic heterocycles. The number of nitrogens with one attached hydrogen (secondary N) is 1. The molecule has 0 amide bonds. The highest BCUT2D eigenvalue weighted by molar-refractivity contribution is 5.79. The Labute approximate surface area is 172 Å². The highest BCUT2D eigenvalue weighted by Crippen LogP contribution is 2.31. The van der Waals surface area contributed by atoms with Gasteiger partial charge in [0.15, 0.2) is 17.7 Å². The molecule has 29 heavy (non-hydrogen) atoms. The predicted octanol–water partition coefficient (Wildman–Crippen LogP) is 3.39. The van der Waals surface area contributed by atoms with Crippen LogP contribution in [0.2, 0.25) is 0 Å². The van der Waals surface area contributed by atoms with E-state index in [0.29, 0.717) is 24.7 Å². The smallest absolute Gasteiger partial charge is 0.202 e. The van der Waals surface area contributed by atoms with E-state index in [4.69, 9.17) is 20.5 Å². The minimum atomic E-state index is -0.228. The average Bonchev–Trinajstić information content (AvgIpc) is 2.75. The Hall–Kier alpha value is -3.64. The highest BCUT2D eigenvalue weighted by atomic mass is 16.5. The fourth-order valence-corrected chi connectivity index (χ4v) is 2.56. The molecule has 2 rings (SSSR count). The molecule has 0 saturated carbocycles. The third kappa shape index (κ3) is 7.12. The van der Waals surface area contributed by atoms with E-state index >= 15 is 0 Å². The van der Waals surface area contributed by atoms with Crippen molar-refractivity contribution in [1.82, 2.24) is 5.32 Å². The van der Waals surface area contributed by atoms with Gasteiger partial charge in [-0.1, -0.05) is 49.5 Å². The summed E-state index contributed by atoms with van der Waals surface area (Å²) in [5, 5.41) is 11.0. The Bertz CT molecular complexity index is 908. The molecule has 0 aliphatic rings. The molecule has 6 heteroatoms. The topological polar surface area (TPSA) is 92.7 Å². The Kier molecular flexibility index (Phi) is 8.92. The molecule has 6 nitrogen and oxygen atoms in total. The van der Waals surface area contributed by atoms with E-state index in [1.807, 2.05) is 48.5 Å². The van der Waals surface area contributed by atoms with Gasteiger partial charge in [-0.2, -0.15) is 5.26 Å². The summed E-state index contributed by atoms with van der Waals surface area (Å²) in [6.45, 7) is 3.04. The zero-order chi connectivity index (χ0) is 20.9. The molecule has 0 fully saturated rings. The van der Waals surface area contributed by atoms with Gasteiger partial charge in [0.05, 0.1) is 26.2 Å². The van der Waals surface area contributed by atoms with Crippen LogP contribution in [0.3, 0.4) is 0 Å². The van der Waals surface area contributed by atoms with E-state index in [9.17, 15) is 0 Å². The maximum atomic E-state index is 8.69. The number of hydrogen-bond donors (Lipinski definition) is 2. The molecular weight excluding hydrogens is 364 g/mol. The molecule has 150 valence electrons. The number of nitrogens with two attached hydrogens (primary N) is 1. The van der Waals surface area contributed by atoms with E-state index in [2.05, 4.69) is 29.1 Å². The molecule has 0 aliphatic carbocycles. The highest BCUT2D eigenvalue weighted by Gasteiger charge is 2.13. The van der Waals surface area contributed by atoms with Gasteiger partial charge < -0.3 is 15.2 Å². The first-order valence-corrected chi connectivity index (χ1v) is 9.50. The Balaban J connectivity index is 2.34. The molecular formula is C23H26N4O2. The molecule has 3 N–H and O–H groups in total. The third-order valence-corrected chi connectivity index (χ3v) is 4.14. The Morgan fingerprint density at radius 2 is 2.00 bits per heavy atom. The van der Waals surface area contributed by atoms with Crippen molar-refractivity contribution in [3.8, 4) is 29.5 Å². The number of guanidine groups is 1. The number of benzene rings is 2. The number of nitrogens with zero attached hydrogens (tertiary/aromatic N) is 2. The molecule has 0 spiro atoms. The van der Waals surface area contributed by atoms with Crippen LogP contribution in [0.25, 0.3) is 0 Å². The zero-order valence-electron chi connectivity index (χ0n) is 16.8. The summed E-state index contributed by atoms with van der Waals surface area (Å²) >= 11 is 0. The van der Waals surface area contributed by atoms with Gasteiger partial charge in [0, 0.05) is 5.56 Å². The quantitative estimate of drug-likeness (QED) is 0.180. The second-order valence-corrected chi connectivity index (χ2v) is 6.26. The number of nitriles is 1. The van der Waals surface area contributed by atoms with Crippen molar-refractivity contribution >= 4 is 5.96 Å². The van der Waals surface area contributed by atoms with Crippen LogP contribution in [0.5, 0.6) is 11.5 Å². The van der Waals surface area contributed by atoms with E-state index in [0.717, 1.165) is 24.0 Å². The summed E-state index contributed by atoms with van der Waals surface area (Å²) in [5.74, 6) is 7.63. The summed E-state index contributed by atoms with van der Waals surface area (Å²) in [4.78, 5) is 4.24. The van der Waals surface area contributed by atoms with Crippen molar-refractivity contribution in [1.29, 1.82) is 5.26 Å². The van der Waals surface area contributed by atoms with Gasteiger partial charge in [0.1, 0.15) is 0 Å². The zero-order valence-corrected chi connectivity index (χ0v) is 16.8. The number of rotatable bonds is 8. The van der Waals surface area contributed by atoms with Crippen molar-refractivity contribution in [3.05, 3.63) is 59.7 Å². The molecule has 2 aromatic rings. The lowest BCUT2D eigenvalue weighted by molar-refractivity contribution is 0.288.